The Morgan fingerprint density at radius 3 is 2.86 bits per heavy atom. The van der Waals surface area contributed by atoms with Crippen molar-refractivity contribution in [3.05, 3.63) is 29.8 Å². The number of para-hydroxylation sites is 1. The van der Waals surface area contributed by atoms with E-state index in [0.29, 0.717) is 18.9 Å². The molecule has 120 valence electrons. The van der Waals surface area contributed by atoms with Crippen LogP contribution in [-0.4, -0.2) is 31.5 Å². The van der Waals surface area contributed by atoms with Crippen molar-refractivity contribution in [3.63, 3.8) is 0 Å². The van der Waals surface area contributed by atoms with Crippen LogP contribution in [-0.2, 0) is 4.79 Å². The summed E-state index contributed by atoms with van der Waals surface area (Å²) < 4.78 is 31.6. The van der Waals surface area contributed by atoms with E-state index in [9.17, 15) is 13.6 Å². The van der Waals surface area contributed by atoms with Crippen molar-refractivity contribution in [1.82, 2.24) is 10.6 Å². The molecule has 1 aliphatic heterocycles. The summed E-state index contributed by atoms with van der Waals surface area (Å²) >= 11 is 0. The lowest BCUT2D eigenvalue weighted by Crippen LogP contribution is -2.51. The number of halogens is 2. The van der Waals surface area contributed by atoms with Gasteiger partial charge in [0.2, 0.25) is 11.8 Å². The SMILES string of the molecule is CC1(CNC(=O)[C@@H]2NCCOc3ccccc32)CC(F)(F)C1. The third-order valence-corrected chi connectivity index (χ3v) is 4.26. The first-order valence-electron chi connectivity index (χ1n) is 7.49. The molecule has 6 heteroatoms. The molecule has 1 aromatic carbocycles. The molecule has 1 heterocycles. The molecule has 0 aromatic heterocycles. The van der Waals surface area contributed by atoms with E-state index in [1.807, 2.05) is 24.3 Å². The second kappa shape index (κ2) is 5.50. The van der Waals surface area contributed by atoms with E-state index >= 15 is 0 Å². The highest BCUT2D eigenvalue weighted by Gasteiger charge is 2.53. The summed E-state index contributed by atoms with van der Waals surface area (Å²) in [7, 11) is 0. The Bertz CT molecular complexity index is 569. The van der Waals surface area contributed by atoms with Crippen molar-refractivity contribution in [2.24, 2.45) is 5.41 Å². The minimum atomic E-state index is -2.58. The van der Waals surface area contributed by atoms with E-state index < -0.39 is 17.4 Å². The predicted molar refractivity (Wildman–Crippen MR) is 78.0 cm³/mol. The standard InChI is InChI=1S/C16H20F2N2O2/c1-15(8-16(17,18)9-15)10-20-14(21)13-11-4-2-3-5-12(11)22-7-6-19-13/h2-5,13,19H,6-10H2,1H3,(H,20,21)/t13-/m1/s1. The number of carbonyl (C=O) groups is 1. The van der Waals surface area contributed by atoms with E-state index in [0.717, 1.165) is 5.56 Å². The average Bonchev–Trinajstić information content (AvgIpc) is 2.65. The fraction of sp³-hybridized carbons (Fsp3) is 0.562. The zero-order valence-electron chi connectivity index (χ0n) is 12.5. The Kier molecular flexibility index (Phi) is 3.80. The number of ether oxygens (including phenoxy) is 1. The summed E-state index contributed by atoms with van der Waals surface area (Å²) in [6, 6.07) is 6.87. The highest BCUT2D eigenvalue weighted by molar-refractivity contribution is 5.84. The van der Waals surface area contributed by atoms with Crippen LogP contribution in [0.15, 0.2) is 24.3 Å². The lowest BCUT2D eigenvalue weighted by molar-refractivity contribution is -0.155. The zero-order valence-corrected chi connectivity index (χ0v) is 12.5. The third kappa shape index (κ3) is 3.06. The summed E-state index contributed by atoms with van der Waals surface area (Å²) in [5, 5.41) is 5.95. The number of hydrogen-bond acceptors (Lipinski definition) is 3. The molecule has 2 N–H and O–H groups in total. The van der Waals surface area contributed by atoms with Gasteiger partial charge in [0, 0.05) is 31.5 Å². The van der Waals surface area contributed by atoms with Crippen LogP contribution in [0.2, 0.25) is 0 Å². The molecule has 3 rings (SSSR count). The van der Waals surface area contributed by atoms with Crippen molar-refractivity contribution in [1.29, 1.82) is 0 Å². The lowest BCUT2D eigenvalue weighted by atomic mass is 9.67. The maximum atomic E-state index is 13.0. The Balaban J connectivity index is 1.65. The van der Waals surface area contributed by atoms with Crippen molar-refractivity contribution in [2.75, 3.05) is 19.7 Å². The van der Waals surface area contributed by atoms with Gasteiger partial charge in [-0.25, -0.2) is 8.78 Å². The van der Waals surface area contributed by atoms with Crippen LogP contribution in [0, 0.1) is 5.41 Å². The summed E-state index contributed by atoms with van der Waals surface area (Å²) in [5.74, 6) is -2.09. The van der Waals surface area contributed by atoms with Crippen molar-refractivity contribution < 1.29 is 18.3 Å². The molecule has 0 radical (unpaired) electrons. The molecule has 1 aromatic rings. The smallest absolute Gasteiger partial charge is 0.249 e. The van der Waals surface area contributed by atoms with Gasteiger partial charge in [0.05, 0.1) is 0 Å². The van der Waals surface area contributed by atoms with E-state index in [2.05, 4.69) is 10.6 Å². The number of fused-ring (bicyclic) bond motifs is 1. The molecule has 1 amide bonds. The van der Waals surface area contributed by atoms with Gasteiger partial charge in [-0.05, 0) is 11.5 Å². The first-order valence-corrected chi connectivity index (χ1v) is 7.49. The number of hydrogen-bond donors (Lipinski definition) is 2. The van der Waals surface area contributed by atoms with Gasteiger partial charge in [-0.2, -0.15) is 0 Å². The molecule has 22 heavy (non-hydrogen) atoms. The molecule has 1 saturated carbocycles. The Hall–Kier alpha value is -1.69. The first-order chi connectivity index (χ1) is 10.4. The number of carbonyl (C=O) groups excluding carboxylic acids is 1. The maximum absolute atomic E-state index is 13.0. The quantitative estimate of drug-likeness (QED) is 0.900. The van der Waals surface area contributed by atoms with E-state index in [4.69, 9.17) is 4.74 Å². The van der Waals surface area contributed by atoms with Crippen LogP contribution < -0.4 is 15.4 Å². The van der Waals surface area contributed by atoms with Gasteiger partial charge in [-0.1, -0.05) is 25.1 Å². The minimum absolute atomic E-state index is 0.169. The van der Waals surface area contributed by atoms with E-state index in [1.54, 1.807) is 6.92 Å². The lowest BCUT2D eigenvalue weighted by Gasteiger charge is -2.45. The maximum Gasteiger partial charge on any atom is 0.249 e. The molecular weight excluding hydrogens is 290 g/mol. The van der Waals surface area contributed by atoms with Crippen molar-refractivity contribution >= 4 is 5.91 Å². The minimum Gasteiger partial charge on any atom is -0.492 e. The molecule has 2 aliphatic rings. The fourth-order valence-corrected chi connectivity index (χ4v) is 3.28. The van der Waals surface area contributed by atoms with Crippen molar-refractivity contribution in [3.8, 4) is 5.75 Å². The van der Waals surface area contributed by atoms with Gasteiger partial charge in [0.15, 0.2) is 0 Å². The number of benzene rings is 1. The van der Waals surface area contributed by atoms with Crippen LogP contribution in [0.5, 0.6) is 5.75 Å². The molecule has 4 nitrogen and oxygen atoms in total. The van der Waals surface area contributed by atoms with Crippen LogP contribution >= 0.6 is 0 Å². The molecule has 0 spiro atoms. The number of rotatable bonds is 3. The normalized spacial score (nSPS) is 25.1. The van der Waals surface area contributed by atoms with Crippen molar-refractivity contribution in [2.45, 2.75) is 31.7 Å². The van der Waals surface area contributed by atoms with E-state index in [1.165, 1.54) is 0 Å². The van der Waals surface area contributed by atoms with E-state index in [-0.39, 0.29) is 25.3 Å². The van der Waals surface area contributed by atoms with Gasteiger partial charge in [-0.15, -0.1) is 0 Å². The summed E-state index contributed by atoms with van der Waals surface area (Å²) in [4.78, 5) is 12.4. The van der Waals surface area contributed by atoms with Gasteiger partial charge >= 0.3 is 0 Å². The largest absolute Gasteiger partial charge is 0.492 e. The summed E-state index contributed by atoms with van der Waals surface area (Å²) in [6.07, 6.45) is -0.337. The number of amides is 1. The topological polar surface area (TPSA) is 50.4 Å². The fourth-order valence-electron chi connectivity index (χ4n) is 3.28. The Morgan fingerprint density at radius 1 is 1.41 bits per heavy atom. The summed E-state index contributed by atoms with van der Waals surface area (Å²) in [6.45, 7) is 3.09. The van der Waals surface area contributed by atoms with Crippen LogP contribution in [0.4, 0.5) is 8.78 Å². The van der Waals surface area contributed by atoms with Crippen LogP contribution in [0.1, 0.15) is 31.4 Å². The summed E-state index contributed by atoms with van der Waals surface area (Å²) in [5.41, 5.74) is 0.265. The highest BCUT2D eigenvalue weighted by Crippen LogP contribution is 2.51. The number of alkyl halides is 2. The number of nitrogens with one attached hydrogen (secondary N) is 2. The van der Waals surface area contributed by atoms with Crippen LogP contribution in [0.25, 0.3) is 0 Å². The molecule has 0 unspecified atom stereocenters. The van der Waals surface area contributed by atoms with Gasteiger partial charge in [0.25, 0.3) is 0 Å². The first kappa shape index (κ1) is 15.2. The zero-order chi connectivity index (χ0) is 15.8. The monoisotopic (exact) mass is 310 g/mol. The van der Waals surface area contributed by atoms with Gasteiger partial charge in [-0.3, -0.25) is 10.1 Å². The predicted octanol–water partition coefficient (Wildman–Crippen LogP) is 2.26. The molecule has 0 saturated heterocycles. The second-order valence-corrected chi connectivity index (χ2v) is 6.51. The Labute approximate surface area is 128 Å². The molecule has 1 aliphatic carbocycles. The highest BCUT2D eigenvalue weighted by atomic mass is 19.3. The molecular formula is C16H20F2N2O2. The molecule has 1 atom stereocenters. The molecule has 0 bridgehead atoms. The van der Waals surface area contributed by atoms with Gasteiger partial charge in [0.1, 0.15) is 18.4 Å². The van der Waals surface area contributed by atoms with Gasteiger partial charge < -0.3 is 10.1 Å². The average molecular weight is 310 g/mol. The second-order valence-electron chi connectivity index (χ2n) is 6.51. The third-order valence-electron chi connectivity index (χ3n) is 4.26. The molecule has 1 fully saturated rings. The Morgan fingerprint density at radius 2 is 2.14 bits per heavy atom. The van der Waals surface area contributed by atoms with Crippen LogP contribution in [0.3, 0.4) is 0 Å².